The zero-order chi connectivity index (χ0) is 26.8. The van der Waals surface area contributed by atoms with Gasteiger partial charge < -0.3 is 18.9 Å². The lowest BCUT2D eigenvalue weighted by atomic mass is 10.1. The Bertz CT molecular complexity index is 1690. The van der Waals surface area contributed by atoms with Gasteiger partial charge in [-0.25, -0.2) is 13.1 Å². The number of aromatic nitrogens is 2. The summed E-state index contributed by atoms with van der Waals surface area (Å²) < 4.78 is 51.0. The van der Waals surface area contributed by atoms with Gasteiger partial charge in [0.05, 0.1) is 4.90 Å². The van der Waals surface area contributed by atoms with E-state index in [1.54, 1.807) is 31.2 Å². The lowest BCUT2D eigenvalue weighted by Gasteiger charge is -2.03. The number of nitrogens with one attached hydrogen (secondary N) is 2. The third kappa shape index (κ3) is 5.25. The van der Waals surface area contributed by atoms with Crippen molar-refractivity contribution in [2.45, 2.75) is 11.8 Å². The Hall–Kier alpha value is -4.54. The van der Waals surface area contributed by atoms with Crippen LogP contribution in [0.1, 0.15) is 29.4 Å². The second-order valence-corrected chi connectivity index (χ2v) is 10.6. The normalized spacial score (nSPS) is 14.1. The molecule has 0 unspecified atom stereocenters. The summed E-state index contributed by atoms with van der Waals surface area (Å²) in [7, 11) is -3.55. The van der Waals surface area contributed by atoms with Gasteiger partial charge in [0.25, 0.3) is 0 Å². The summed E-state index contributed by atoms with van der Waals surface area (Å²) in [4.78, 5) is 0.209. The average molecular weight is 545 g/mol. The molecule has 0 amide bonds. The minimum Gasteiger partial charge on any atom is -0.454 e. The second kappa shape index (κ2) is 10.3. The van der Waals surface area contributed by atoms with Crippen LogP contribution in [-0.2, 0) is 10.0 Å². The molecular formula is C29H26N3O6S+. The zero-order valence-electron chi connectivity index (χ0n) is 21.1. The van der Waals surface area contributed by atoms with Crippen LogP contribution in [0.2, 0.25) is 0 Å². The fourth-order valence-corrected chi connectivity index (χ4v) is 5.36. The van der Waals surface area contributed by atoms with Crippen molar-refractivity contribution in [1.29, 1.82) is 0 Å². The molecular weight excluding hydrogens is 518 g/mol. The highest BCUT2D eigenvalue weighted by Gasteiger charge is 2.20. The number of rotatable bonds is 8. The van der Waals surface area contributed by atoms with Crippen molar-refractivity contribution in [1.82, 2.24) is 9.82 Å². The molecule has 39 heavy (non-hydrogen) atoms. The minimum absolute atomic E-state index is 0.209. The second-order valence-electron chi connectivity index (χ2n) is 8.86. The molecule has 0 saturated heterocycles. The molecule has 9 nitrogen and oxygen atoms in total. The number of hydrogen-bond donors (Lipinski definition) is 2. The van der Waals surface area contributed by atoms with E-state index in [-0.39, 0.29) is 18.5 Å². The van der Waals surface area contributed by atoms with Crippen LogP contribution in [-0.4, -0.2) is 33.6 Å². The number of hydrogen-bond acceptors (Lipinski definition) is 6. The highest BCUT2D eigenvalue weighted by atomic mass is 32.2. The third-order valence-corrected chi connectivity index (χ3v) is 7.80. The van der Waals surface area contributed by atoms with E-state index in [0.29, 0.717) is 12.3 Å². The van der Waals surface area contributed by atoms with Gasteiger partial charge in [-0.1, -0.05) is 29.8 Å². The molecule has 3 heterocycles. The number of benzene rings is 3. The first kappa shape index (κ1) is 24.8. The van der Waals surface area contributed by atoms with E-state index in [0.717, 1.165) is 45.5 Å². The first-order chi connectivity index (χ1) is 19.0. The van der Waals surface area contributed by atoms with Gasteiger partial charge in [-0.05, 0) is 59.7 Å². The SMILES string of the molecule is CCNS(=O)(=O)c1ccc(-[n+]2[nH]c(/C=C/c3ccc4c(c3)OCO4)cc2/C=C/c2ccc3c(c2)OCO3)cc1. The largest absolute Gasteiger partial charge is 0.454 e. The van der Waals surface area contributed by atoms with Crippen LogP contribution >= 0.6 is 0 Å². The lowest BCUT2D eigenvalue weighted by molar-refractivity contribution is -0.657. The Labute approximate surface area is 226 Å². The lowest BCUT2D eigenvalue weighted by Crippen LogP contribution is -2.35. The van der Waals surface area contributed by atoms with E-state index < -0.39 is 10.0 Å². The van der Waals surface area contributed by atoms with Crippen molar-refractivity contribution < 1.29 is 32.0 Å². The summed E-state index contributed by atoms with van der Waals surface area (Å²) in [5, 5.41) is 3.39. The van der Waals surface area contributed by atoms with Gasteiger partial charge in [-0.2, -0.15) is 5.10 Å². The first-order valence-corrected chi connectivity index (χ1v) is 13.9. The monoisotopic (exact) mass is 544 g/mol. The molecule has 2 aliphatic heterocycles. The maximum absolute atomic E-state index is 12.4. The number of fused-ring (bicyclic) bond motifs is 2. The zero-order valence-corrected chi connectivity index (χ0v) is 21.9. The van der Waals surface area contributed by atoms with Crippen molar-refractivity contribution in [3.8, 4) is 28.7 Å². The van der Waals surface area contributed by atoms with Gasteiger partial charge in [0.2, 0.25) is 35.0 Å². The molecule has 2 N–H and O–H groups in total. The summed E-state index contributed by atoms with van der Waals surface area (Å²) in [6.07, 6.45) is 7.91. The molecule has 0 aliphatic carbocycles. The summed E-state index contributed by atoms with van der Waals surface area (Å²) in [6.45, 7) is 2.52. The third-order valence-electron chi connectivity index (χ3n) is 6.24. The van der Waals surface area contributed by atoms with E-state index in [4.69, 9.17) is 18.9 Å². The predicted octanol–water partition coefficient (Wildman–Crippen LogP) is 4.39. The van der Waals surface area contributed by atoms with E-state index >= 15 is 0 Å². The molecule has 0 saturated carbocycles. The molecule has 1 aromatic heterocycles. The number of sulfonamides is 1. The molecule has 0 atom stereocenters. The number of nitrogens with zero attached hydrogens (tertiary/aromatic N) is 1. The van der Waals surface area contributed by atoms with Crippen molar-refractivity contribution in [2.24, 2.45) is 0 Å². The molecule has 198 valence electrons. The number of ether oxygens (including phenoxy) is 4. The highest BCUT2D eigenvalue weighted by molar-refractivity contribution is 7.89. The van der Waals surface area contributed by atoms with Crippen LogP contribution in [0.4, 0.5) is 0 Å². The molecule has 0 spiro atoms. The van der Waals surface area contributed by atoms with Crippen molar-refractivity contribution in [3.63, 3.8) is 0 Å². The molecule has 0 fully saturated rings. The summed E-state index contributed by atoms with van der Waals surface area (Å²) >= 11 is 0. The molecule has 4 aromatic rings. The Morgan fingerprint density at radius 3 is 1.97 bits per heavy atom. The van der Waals surface area contributed by atoms with Crippen molar-refractivity contribution in [3.05, 3.63) is 89.2 Å². The van der Waals surface area contributed by atoms with E-state index in [1.165, 1.54) is 0 Å². The Morgan fingerprint density at radius 1 is 0.769 bits per heavy atom. The van der Waals surface area contributed by atoms with Gasteiger partial charge >= 0.3 is 0 Å². The topological polar surface area (TPSA) is 103 Å². The quantitative estimate of drug-likeness (QED) is 0.319. The van der Waals surface area contributed by atoms with Crippen LogP contribution in [0.5, 0.6) is 23.0 Å². The van der Waals surface area contributed by atoms with E-state index in [1.807, 2.05) is 71.5 Å². The first-order valence-electron chi connectivity index (χ1n) is 12.4. The fraction of sp³-hybridized carbons (Fsp3) is 0.138. The number of aromatic amines is 1. The summed E-state index contributed by atoms with van der Waals surface area (Å²) in [5.41, 5.74) is 4.41. The van der Waals surface area contributed by atoms with Gasteiger partial charge in [0.1, 0.15) is 5.69 Å². The fourth-order valence-electron chi connectivity index (χ4n) is 4.32. The van der Waals surface area contributed by atoms with Crippen LogP contribution in [0, 0.1) is 0 Å². The van der Waals surface area contributed by atoms with E-state index in [2.05, 4.69) is 9.82 Å². The molecule has 0 bridgehead atoms. The average Bonchev–Trinajstić information content (AvgIpc) is 3.70. The smallest absolute Gasteiger partial charge is 0.240 e. The molecule has 0 radical (unpaired) electrons. The van der Waals surface area contributed by atoms with Crippen LogP contribution in [0.15, 0.2) is 71.6 Å². The molecule has 10 heteroatoms. The number of H-pyrrole nitrogens is 1. The van der Waals surface area contributed by atoms with Gasteiger partial charge in [-0.3, -0.25) is 0 Å². The van der Waals surface area contributed by atoms with Crippen LogP contribution in [0.25, 0.3) is 30.0 Å². The maximum atomic E-state index is 12.4. The standard InChI is InChI=1S/C29H25N3O6S/c1-2-30-39(33,34)25-11-9-23(10-12-25)32-24(8-4-21-6-14-27-29(16-21)38-19-36-27)17-22(31-32)7-3-20-5-13-26-28(15-20)37-18-35-26/h3-17,30H,2,18-19H2,1H3/p+1/b7-3+,8-4+. The summed E-state index contributed by atoms with van der Waals surface area (Å²) in [5.74, 6) is 2.90. The molecule has 3 aromatic carbocycles. The van der Waals surface area contributed by atoms with Crippen molar-refractivity contribution in [2.75, 3.05) is 20.1 Å². The minimum atomic E-state index is -3.55. The Balaban J connectivity index is 1.33. The van der Waals surface area contributed by atoms with Gasteiger partial charge in [-0.15, -0.1) is 0 Å². The van der Waals surface area contributed by atoms with Gasteiger partial charge in [0, 0.05) is 30.8 Å². The molecule has 2 aliphatic rings. The Morgan fingerprint density at radius 2 is 1.36 bits per heavy atom. The predicted molar refractivity (Wildman–Crippen MR) is 146 cm³/mol. The van der Waals surface area contributed by atoms with Gasteiger partial charge in [0.15, 0.2) is 23.0 Å². The van der Waals surface area contributed by atoms with Crippen LogP contribution in [0.3, 0.4) is 0 Å². The Kier molecular flexibility index (Phi) is 6.55. The van der Waals surface area contributed by atoms with Crippen LogP contribution < -0.4 is 28.4 Å². The maximum Gasteiger partial charge on any atom is 0.240 e. The van der Waals surface area contributed by atoms with E-state index in [9.17, 15) is 8.42 Å². The highest BCUT2D eigenvalue weighted by Crippen LogP contribution is 2.34. The summed E-state index contributed by atoms with van der Waals surface area (Å²) in [6, 6.07) is 20.3. The molecule has 6 rings (SSSR count). The van der Waals surface area contributed by atoms with Crippen molar-refractivity contribution >= 4 is 34.3 Å².